The maximum absolute atomic E-state index is 11.1. The van der Waals surface area contributed by atoms with Gasteiger partial charge in [0.15, 0.2) is 0 Å². The summed E-state index contributed by atoms with van der Waals surface area (Å²) in [6.45, 7) is 1.85. The zero-order chi connectivity index (χ0) is 10.6. The summed E-state index contributed by atoms with van der Waals surface area (Å²) in [7, 11) is 0. The number of nitrogens with one attached hydrogen (secondary N) is 1. The molecule has 82 valence electrons. The summed E-state index contributed by atoms with van der Waals surface area (Å²) in [5.74, 6) is 0.277. The van der Waals surface area contributed by atoms with Crippen LogP contribution in [-0.4, -0.2) is 11.6 Å². The van der Waals surface area contributed by atoms with Crippen molar-refractivity contribution in [2.24, 2.45) is 5.73 Å². The Labute approximate surface area is 95.6 Å². The van der Waals surface area contributed by atoms with Gasteiger partial charge in [0, 0.05) is 18.4 Å². The van der Waals surface area contributed by atoms with Crippen molar-refractivity contribution in [2.75, 3.05) is 0 Å². The van der Waals surface area contributed by atoms with Gasteiger partial charge in [-0.15, -0.1) is 12.4 Å². The Balaban J connectivity index is 0.00000196. The highest BCUT2D eigenvalue weighted by atomic mass is 35.5. The lowest BCUT2D eigenvalue weighted by Gasteiger charge is -2.01. The third-order valence-corrected chi connectivity index (χ3v) is 2.06. The third kappa shape index (κ3) is 4.13. The molecule has 0 radical (unpaired) electrons. The number of amidine groups is 1. The molecule has 1 rings (SSSR count). The Kier molecular flexibility index (Phi) is 5.64. The number of nitrogens with two attached hydrogens (primary N) is 1. The molecular formula is C11H15ClN2O. The SMILES string of the molecule is CCC(=O)Cc1ccc(C(=N)N)cc1.Cl. The lowest BCUT2D eigenvalue weighted by Crippen LogP contribution is -2.11. The van der Waals surface area contributed by atoms with Crippen LogP contribution in [0.1, 0.15) is 24.5 Å². The van der Waals surface area contributed by atoms with E-state index in [1.807, 2.05) is 19.1 Å². The minimum absolute atomic E-state index is 0. The molecule has 0 aliphatic heterocycles. The number of rotatable bonds is 4. The highest BCUT2D eigenvalue weighted by Crippen LogP contribution is 2.05. The van der Waals surface area contributed by atoms with E-state index in [0.717, 1.165) is 5.56 Å². The Morgan fingerprint density at radius 3 is 2.27 bits per heavy atom. The Bertz CT molecular complexity index is 346. The van der Waals surface area contributed by atoms with Crippen LogP contribution < -0.4 is 5.73 Å². The van der Waals surface area contributed by atoms with Crippen molar-refractivity contribution in [3.63, 3.8) is 0 Å². The molecule has 0 aliphatic carbocycles. The van der Waals surface area contributed by atoms with Gasteiger partial charge in [-0.2, -0.15) is 0 Å². The normalized spacial score (nSPS) is 9.13. The van der Waals surface area contributed by atoms with Crippen LogP contribution in [0.2, 0.25) is 0 Å². The first kappa shape index (κ1) is 13.7. The Morgan fingerprint density at radius 1 is 1.33 bits per heavy atom. The molecule has 0 amide bonds. The van der Waals surface area contributed by atoms with Crippen molar-refractivity contribution in [3.05, 3.63) is 35.4 Å². The number of carbonyl (C=O) groups is 1. The number of nitrogen functional groups attached to an aromatic ring is 1. The van der Waals surface area contributed by atoms with Gasteiger partial charge in [0.05, 0.1) is 0 Å². The van der Waals surface area contributed by atoms with E-state index in [1.54, 1.807) is 12.1 Å². The number of benzene rings is 1. The van der Waals surface area contributed by atoms with Gasteiger partial charge < -0.3 is 5.73 Å². The van der Waals surface area contributed by atoms with Crippen molar-refractivity contribution in [1.82, 2.24) is 0 Å². The highest BCUT2D eigenvalue weighted by Gasteiger charge is 2.01. The van der Waals surface area contributed by atoms with Crippen molar-refractivity contribution in [2.45, 2.75) is 19.8 Å². The summed E-state index contributed by atoms with van der Waals surface area (Å²) in [4.78, 5) is 11.1. The van der Waals surface area contributed by atoms with Crippen LogP contribution in [0.15, 0.2) is 24.3 Å². The van der Waals surface area contributed by atoms with Gasteiger partial charge in [-0.3, -0.25) is 10.2 Å². The molecule has 0 bridgehead atoms. The second-order valence-electron chi connectivity index (χ2n) is 3.18. The second kappa shape index (κ2) is 6.19. The van der Waals surface area contributed by atoms with Crippen LogP contribution >= 0.6 is 12.4 Å². The molecule has 15 heavy (non-hydrogen) atoms. The molecule has 0 fully saturated rings. The highest BCUT2D eigenvalue weighted by molar-refractivity contribution is 5.95. The van der Waals surface area contributed by atoms with Crippen LogP contribution in [0.5, 0.6) is 0 Å². The number of hydrogen-bond acceptors (Lipinski definition) is 2. The average Bonchev–Trinajstić information content (AvgIpc) is 2.18. The van der Waals surface area contributed by atoms with Gasteiger partial charge in [-0.1, -0.05) is 31.2 Å². The number of halogens is 1. The van der Waals surface area contributed by atoms with Crippen molar-refractivity contribution < 1.29 is 4.79 Å². The summed E-state index contributed by atoms with van der Waals surface area (Å²) in [6.07, 6.45) is 1.03. The fourth-order valence-corrected chi connectivity index (χ4v) is 1.15. The molecule has 3 N–H and O–H groups in total. The first-order valence-corrected chi connectivity index (χ1v) is 4.58. The van der Waals surface area contributed by atoms with Crippen LogP contribution in [0.4, 0.5) is 0 Å². The predicted octanol–water partition coefficient (Wildman–Crippen LogP) is 1.91. The van der Waals surface area contributed by atoms with E-state index in [-0.39, 0.29) is 24.0 Å². The maximum atomic E-state index is 11.1. The minimum atomic E-state index is 0. The summed E-state index contributed by atoms with van der Waals surface area (Å²) in [5, 5.41) is 7.19. The topological polar surface area (TPSA) is 66.9 Å². The molecule has 1 aromatic rings. The molecule has 0 unspecified atom stereocenters. The van der Waals surface area contributed by atoms with Gasteiger partial charge in [-0.25, -0.2) is 0 Å². The minimum Gasteiger partial charge on any atom is -0.384 e. The summed E-state index contributed by atoms with van der Waals surface area (Å²) in [5.41, 5.74) is 6.97. The molecular weight excluding hydrogens is 212 g/mol. The molecule has 0 aliphatic rings. The molecule has 0 aromatic heterocycles. The zero-order valence-electron chi connectivity index (χ0n) is 8.62. The van der Waals surface area contributed by atoms with Gasteiger partial charge in [-0.05, 0) is 5.56 Å². The summed E-state index contributed by atoms with van der Waals surface area (Å²) >= 11 is 0. The van der Waals surface area contributed by atoms with E-state index < -0.39 is 0 Å². The summed E-state index contributed by atoms with van der Waals surface area (Å²) in [6, 6.07) is 7.20. The van der Waals surface area contributed by atoms with E-state index in [9.17, 15) is 4.79 Å². The Morgan fingerprint density at radius 2 is 1.87 bits per heavy atom. The van der Waals surface area contributed by atoms with Crippen molar-refractivity contribution >= 4 is 24.0 Å². The number of ketones is 1. The molecule has 4 heteroatoms. The fraction of sp³-hybridized carbons (Fsp3) is 0.273. The van der Waals surface area contributed by atoms with E-state index in [2.05, 4.69) is 0 Å². The molecule has 3 nitrogen and oxygen atoms in total. The smallest absolute Gasteiger partial charge is 0.136 e. The van der Waals surface area contributed by atoms with E-state index in [4.69, 9.17) is 11.1 Å². The molecule has 0 heterocycles. The summed E-state index contributed by atoms with van der Waals surface area (Å²) < 4.78 is 0. The number of Topliss-reactive ketones (excluding diaryl/α,β-unsaturated/α-hetero) is 1. The van der Waals surface area contributed by atoms with Gasteiger partial charge in [0.1, 0.15) is 11.6 Å². The first-order valence-electron chi connectivity index (χ1n) is 4.58. The lowest BCUT2D eigenvalue weighted by atomic mass is 10.1. The van der Waals surface area contributed by atoms with Crippen LogP contribution in [-0.2, 0) is 11.2 Å². The quantitative estimate of drug-likeness (QED) is 0.609. The molecule has 1 aromatic carbocycles. The van der Waals surface area contributed by atoms with Crippen LogP contribution in [0, 0.1) is 5.41 Å². The van der Waals surface area contributed by atoms with Crippen LogP contribution in [0.3, 0.4) is 0 Å². The average molecular weight is 227 g/mol. The third-order valence-electron chi connectivity index (χ3n) is 2.06. The molecule has 0 saturated heterocycles. The Hall–Kier alpha value is -1.35. The second-order valence-corrected chi connectivity index (χ2v) is 3.18. The predicted molar refractivity (Wildman–Crippen MR) is 63.7 cm³/mol. The van der Waals surface area contributed by atoms with Gasteiger partial charge in [0.25, 0.3) is 0 Å². The van der Waals surface area contributed by atoms with Gasteiger partial charge >= 0.3 is 0 Å². The lowest BCUT2D eigenvalue weighted by molar-refractivity contribution is -0.118. The van der Waals surface area contributed by atoms with Crippen LogP contribution in [0.25, 0.3) is 0 Å². The van der Waals surface area contributed by atoms with Crippen molar-refractivity contribution in [1.29, 1.82) is 5.41 Å². The molecule has 0 saturated carbocycles. The fourth-order valence-electron chi connectivity index (χ4n) is 1.15. The first-order chi connectivity index (χ1) is 6.63. The molecule has 0 atom stereocenters. The zero-order valence-corrected chi connectivity index (χ0v) is 9.43. The standard InChI is InChI=1S/C11H14N2O.ClH/c1-2-10(14)7-8-3-5-9(6-4-8)11(12)13;/h3-6H,2,7H2,1H3,(H3,12,13);1H. The van der Waals surface area contributed by atoms with E-state index >= 15 is 0 Å². The molecule has 0 spiro atoms. The monoisotopic (exact) mass is 226 g/mol. The van der Waals surface area contributed by atoms with Gasteiger partial charge in [0.2, 0.25) is 0 Å². The number of carbonyl (C=O) groups excluding carboxylic acids is 1. The maximum Gasteiger partial charge on any atom is 0.136 e. The largest absolute Gasteiger partial charge is 0.384 e. The van der Waals surface area contributed by atoms with E-state index in [1.165, 1.54) is 0 Å². The van der Waals surface area contributed by atoms with E-state index in [0.29, 0.717) is 18.4 Å². The van der Waals surface area contributed by atoms with Crippen molar-refractivity contribution in [3.8, 4) is 0 Å². The number of hydrogen-bond donors (Lipinski definition) is 2.